The maximum Gasteiger partial charge on any atom is 0.152 e. The van der Waals surface area contributed by atoms with Crippen molar-refractivity contribution in [3.63, 3.8) is 0 Å². The number of nitrogens with one attached hydrogen (secondary N) is 1. The van der Waals surface area contributed by atoms with Gasteiger partial charge >= 0.3 is 0 Å². The standard InChI is InChI=1S/C14H17N5/c1-4-11-13(16)14(19(3)18-11)17-12-7-5-6-9(2)10(12)8-15/h5-7,17H,4,16H2,1-3H3. The molecule has 19 heavy (non-hydrogen) atoms. The molecule has 98 valence electrons. The van der Waals surface area contributed by atoms with Gasteiger partial charge in [-0.1, -0.05) is 19.1 Å². The minimum absolute atomic E-state index is 0.626. The van der Waals surface area contributed by atoms with Crippen LogP contribution in [0, 0.1) is 18.3 Å². The van der Waals surface area contributed by atoms with Crippen LogP contribution in [0.4, 0.5) is 17.2 Å². The first kappa shape index (κ1) is 13.0. The first-order valence-corrected chi connectivity index (χ1v) is 6.16. The highest BCUT2D eigenvalue weighted by Gasteiger charge is 2.14. The van der Waals surface area contributed by atoms with Crippen LogP contribution in [-0.2, 0) is 13.5 Å². The summed E-state index contributed by atoms with van der Waals surface area (Å²) in [6.07, 6.45) is 0.778. The monoisotopic (exact) mass is 255 g/mol. The molecule has 0 saturated carbocycles. The highest BCUT2D eigenvalue weighted by Crippen LogP contribution is 2.28. The van der Waals surface area contributed by atoms with Crippen molar-refractivity contribution in [1.82, 2.24) is 9.78 Å². The Hall–Kier alpha value is -2.48. The SMILES string of the molecule is CCc1nn(C)c(Nc2cccc(C)c2C#N)c1N. The van der Waals surface area contributed by atoms with E-state index in [2.05, 4.69) is 16.5 Å². The number of nitrogen functional groups attached to an aromatic ring is 1. The first-order valence-electron chi connectivity index (χ1n) is 6.16. The Kier molecular flexibility index (Phi) is 3.43. The number of aromatic nitrogens is 2. The van der Waals surface area contributed by atoms with Crippen molar-refractivity contribution in [2.75, 3.05) is 11.1 Å². The van der Waals surface area contributed by atoms with Gasteiger partial charge in [0.1, 0.15) is 6.07 Å². The summed E-state index contributed by atoms with van der Waals surface area (Å²) >= 11 is 0. The summed E-state index contributed by atoms with van der Waals surface area (Å²) in [5.41, 5.74) is 9.87. The minimum Gasteiger partial charge on any atom is -0.394 e. The zero-order chi connectivity index (χ0) is 14.0. The highest BCUT2D eigenvalue weighted by atomic mass is 15.3. The largest absolute Gasteiger partial charge is 0.394 e. The highest BCUT2D eigenvalue weighted by molar-refractivity contribution is 5.74. The van der Waals surface area contributed by atoms with Crippen molar-refractivity contribution in [2.45, 2.75) is 20.3 Å². The summed E-state index contributed by atoms with van der Waals surface area (Å²) in [6.45, 7) is 3.92. The van der Waals surface area contributed by atoms with Crippen LogP contribution >= 0.6 is 0 Å². The molecule has 0 unspecified atom stereocenters. The van der Waals surface area contributed by atoms with Gasteiger partial charge in [0.2, 0.25) is 0 Å². The molecule has 5 heteroatoms. The summed E-state index contributed by atoms with van der Waals surface area (Å²) in [4.78, 5) is 0. The Morgan fingerprint density at radius 1 is 1.47 bits per heavy atom. The fourth-order valence-corrected chi connectivity index (χ4v) is 2.05. The molecular weight excluding hydrogens is 238 g/mol. The Balaban J connectivity index is 2.46. The summed E-state index contributed by atoms with van der Waals surface area (Å²) in [5.74, 6) is 0.721. The molecule has 0 atom stereocenters. The zero-order valence-corrected chi connectivity index (χ0v) is 11.4. The lowest BCUT2D eigenvalue weighted by molar-refractivity contribution is 0.753. The summed E-state index contributed by atoms with van der Waals surface area (Å²) in [7, 11) is 1.83. The molecule has 0 aliphatic rings. The molecule has 1 aromatic carbocycles. The van der Waals surface area contributed by atoms with Gasteiger partial charge in [0.05, 0.1) is 22.6 Å². The molecule has 1 heterocycles. The molecule has 5 nitrogen and oxygen atoms in total. The van der Waals surface area contributed by atoms with Crippen LogP contribution in [-0.4, -0.2) is 9.78 Å². The maximum atomic E-state index is 9.22. The topological polar surface area (TPSA) is 79.7 Å². The quantitative estimate of drug-likeness (QED) is 0.883. The molecule has 0 aliphatic carbocycles. The van der Waals surface area contributed by atoms with Gasteiger partial charge in [0.15, 0.2) is 5.82 Å². The molecule has 2 rings (SSSR count). The van der Waals surface area contributed by atoms with Crippen LogP contribution in [0.25, 0.3) is 0 Å². The van der Waals surface area contributed by atoms with Crippen LogP contribution in [0.5, 0.6) is 0 Å². The third kappa shape index (κ3) is 2.25. The number of hydrogen-bond donors (Lipinski definition) is 2. The predicted octanol–water partition coefficient (Wildman–Crippen LogP) is 2.49. The van der Waals surface area contributed by atoms with E-state index in [0.717, 1.165) is 29.2 Å². The molecule has 0 radical (unpaired) electrons. The number of nitrogens with zero attached hydrogens (tertiary/aromatic N) is 3. The van der Waals surface area contributed by atoms with E-state index in [1.54, 1.807) is 4.68 Å². The molecular formula is C14H17N5. The van der Waals surface area contributed by atoms with Crippen molar-refractivity contribution < 1.29 is 0 Å². The van der Waals surface area contributed by atoms with Gasteiger partial charge in [-0.2, -0.15) is 10.4 Å². The predicted molar refractivity (Wildman–Crippen MR) is 76.2 cm³/mol. The van der Waals surface area contributed by atoms with E-state index in [9.17, 15) is 5.26 Å². The van der Waals surface area contributed by atoms with Crippen LogP contribution in [0.1, 0.15) is 23.7 Å². The minimum atomic E-state index is 0.626. The van der Waals surface area contributed by atoms with Crippen LogP contribution in [0.15, 0.2) is 18.2 Å². The van der Waals surface area contributed by atoms with Crippen molar-refractivity contribution >= 4 is 17.2 Å². The second-order valence-corrected chi connectivity index (χ2v) is 4.42. The van der Waals surface area contributed by atoms with Gasteiger partial charge in [-0.15, -0.1) is 0 Å². The lowest BCUT2D eigenvalue weighted by Crippen LogP contribution is -2.03. The number of benzene rings is 1. The van der Waals surface area contributed by atoms with Gasteiger partial charge in [-0.05, 0) is 25.0 Å². The molecule has 1 aromatic heterocycles. The molecule has 2 aromatic rings. The van der Waals surface area contributed by atoms with Crippen molar-refractivity contribution in [3.8, 4) is 6.07 Å². The molecule has 0 aliphatic heterocycles. The second-order valence-electron chi connectivity index (χ2n) is 4.42. The number of anilines is 3. The van der Waals surface area contributed by atoms with Gasteiger partial charge in [0, 0.05) is 7.05 Å². The van der Waals surface area contributed by atoms with E-state index in [1.165, 1.54) is 0 Å². The molecule has 0 amide bonds. The van der Waals surface area contributed by atoms with Crippen LogP contribution < -0.4 is 11.1 Å². The van der Waals surface area contributed by atoms with E-state index in [0.29, 0.717) is 11.3 Å². The van der Waals surface area contributed by atoms with Gasteiger partial charge in [0.25, 0.3) is 0 Å². The van der Waals surface area contributed by atoms with Gasteiger partial charge in [-0.25, -0.2) is 0 Å². The summed E-state index contributed by atoms with van der Waals surface area (Å²) in [5, 5.41) is 16.8. The summed E-state index contributed by atoms with van der Waals surface area (Å²) in [6, 6.07) is 7.89. The Labute approximate surface area is 112 Å². The fraction of sp³-hybridized carbons (Fsp3) is 0.286. The molecule has 3 N–H and O–H groups in total. The molecule has 0 saturated heterocycles. The van der Waals surface area contributed by atoms with Crippen LogP contribution in [0.3, 0.4) is 0 Å². The third-order valence-electron chi connectivity index (χ3n) is 3.13. The lowest BCUT2D eigenvalue weighted by atomic mass is 10.1. The van der Waals surface area contributed by atoms with Crippen molar-refractivity contribution in [2.24, 2.45) is 7.05 Å². The van der Waals surface area contributed by atoms with Gasteiger partial charge < -0.3 is 11.1 Å². The van der Waals surface area contributed by atoms with Crippen LogP contribution in [0.2, 0.25) is 0 Å². The average Bonchev–Trinajstić information content (AvgIpc) is 2.66. The number of nitrogens with two attached hydrogens (primary N) is 1. The number of nitriles is 1. The number of hydrogen-bond acceptors (Lipinski definition) is 4. The summed E-state index contributed by atoms with van der Waals surface area (Å²) < 4.78 is 1.71. The van der Waals surface area contributed by atoms with E-state index < -0.39 is 0 Å². The number of rotatable bonds is 3. The molecule has 0 bridgehead atoms. The average molecular weight is 255 g/mol. The van der Waals surface area contributed by atoms with E-state index in [-0.39, 0.29) is 0 Å². The lowest BCUT2D eigenvalue weighted by Gasteiger charge is -2.10. The Morgan fingerprint density at radius 3 is 2.79 bits per heavy atom. The number of aryl methyl sites for hydroxylation is 3. The zero-order valence-electron chi connectivity index (χ0n) is 11.4. The Morgan fingerprint density at radius 2 is 2.21 bits per heavy atom. The second kappa shape index (κ2) is 5.02. The smallest absolute Gasteiger partial charge is 0.152 e. The Bertz CT molecular complexity index is 649. The normalized spacial score (nSPS) is 10.2. The molecule has 0 spiro atoms. The van der Waals surface area contributed by atoms with Crippen molar-refractivity contribution in [3.05, 3.63) is 35.0 Å². The van der Waals surface area contributed by atoms with E-state index in [1.807, 2.05) is 39.1 Å². The molecule has 0 fully saturated rings. The van der Waals surface area contributed by atoms with E-state index in [4.69, 9.17) is 5.73 Å². The first-order chi connectivity index (χ1) is 9.08. The maximum absolute atomic E-state index is 9.22. The van der Waals surface area contributed by atoms with E-state index >= 15 is 0 Å². The fourth-order valence-electron chi connectivity index (χ4n) is 2.05. The van der Waals surface area contributed by atoms with Crippen molar-refractivity contribution in [1.29, 1.82) is 5.26 Å². The van der Waals surface area contributed by atoms with Gasteiger partial charge in [-0.3, -0.25) is 4.68 Å². The third-order valence-corrected chi connectivity index (χ3v) is 3.13.